The normalized spacial score (nSPS) is 20.9. The Labute approximate surface area is 177 Å². The maximum Gasteiger partial charge on any atom is 0.243 e. The van der Waals surface area contributed by atoms with Crippen LogP contribution < -0.4 is 9.80 Å². The maximum atomic E-state index is 13.7. The number of thiazole rings is 1. The Hall–Kier alpha value is -2.72. The lowest BCUT2D eigenvalue weighted by Gasteiger charge is -2.30. The lowest BCUT2D eigenvalue weighted by molar-refractivity contribution is -0.120. The summed E-state index contributed by atoms with van der Waals surface area (Å²) in [5.74, 6) is 1.22. The fraction of sp³-hybridized carbons (Fsp3) is 0.450. The van der Waals surface area contributed by atoms with E-state index in [0.29, 0.717) is 37.5 Å². The highest BCUT2D eigenvalue weighted by atomic mass is 32.1. The minimum absolute atomic E-state index is 0.000795. The maximum absolute atomic E-state index is 13.7. The van der Waals surface area contributed by atoms with Crippen molar-refractivity contribution in [1.82, 2.24) is 24.8 Å². The fourth-order valence-electron chi connectivity index (χ4n) is 3.82. The number of carbonyl (C=O) groups excluding carboxylic acids is 1. The molecule has 0 aromatic carbocycles. The van der Waals surface area contributed by atoms with Crippen LogP contribution in [-0.2, 0) is 4.79 Å². The van der Waals surface area contributed by atoms with E-state index in [0.717, 1.165) is 40.7 Å². The summed E-state index contributed by atoms with van der Waals surface area (Å²) in [5.41, 5.74) is 1.58. The summed E-state index contributed by atoms with van der Waals surface area (Å²) in [5, 5.41) is 0.794. The van der Waals surface area contributed by atoms with E-state index < -0.39 is 6.17 Å². The first-order valence-electron chi connectivity index (χ1n) is 10.0. The Morgan fingerprint density at radius 1 is 1.13 bits per heavy atom. The van der Waals surface area contributed by atoms with Gasteiger partial charge in [0, 0.05) is 31.4 Å². The molecule has 0 bridgehead atoms. The lowest BCUT2D eigenvalue weighted by Crippen LogP contribution is -2.49. The number of hydrogen-bond donors (Lipinski definition) is 0. The van der Waals surface area contributed by atoms with Crippen molar-refractivity contribution in [3.63, 3.8) is 0 Å². The Balaban J connectivity index is 1.38. The van der Waals surface area contributed by atoms with Gasteiger partial charge in [0.2, 0.25) is 11.9 Å². The summed E-state index contributed by atoms with van der Waals surface area (Å²) in [6, 6.07) is 3.87. The molecule has 156 valence electrons. The Morgan fingerprint density at radius 3 is 2.80 bits per heavy atom. The number of halogens is 1. The minimum Gasteiger partial charge on any atom is -0.354 e. The van der Waals surface area contributed by atoms with E-state index in [9.17, 15) is 9.18 Å². The second-order valence-electron chi connectivity index (χ2n) is 7.75. The quantitative estimate of drug-likeness (QED) is 0.635. The molecular formula is C20H22FN7OS. The van der Waals surface area contributed by atoms with Gasteiger partial charge < -0.3 is 4.90 Å². The van der Waals surface area contributed by atoms with Crippen LogP contribution in [0.3, 0.4) is 0 Å². The topological polar surface area (TPSA) is 78.4 Å². The number of piperidine rings is 1. The molecule has 0 saturated carbocycles. The second kappa shape index (κ2) is 7.84. The lowest BCUT2D eigenvalue weighted by atomic mass is 10.1. The molecule has 8 nitrogen and oxygen atoms in total. The van der Waals surface area contributed by atoms with Gasteiger partial charge in [-0.2, -0.15) is 4.98 Å². The van der Waals surface area contributed by atoms with Gasteiger partial charge in [-0.25, -0.2) is 19.3 Å². The molecule has 2 aliphatic heterocycles. The predicted molar refractivity (Wildman–Crippen MR) is 115 cm³/mol. The monoisotopic (exact) mass is 427 g/mol. The number of fused-ring (bicyclic) bond motifs is 1. The molecule has 2 fully saturated rings. The highest BCUT2D eigenvalue weighted by molar-refractivity contribution is 7.21. The van der Waals surface area contributed by atoms with E-state index >= 15 is 0 Å². The van der Waals surface area contributed by atoms with Crippen LogP contribution in [0.25, 0.3) is 20.9 Å². The van der Waals surface area contributed by atoms with Crippen molar-refractivity contribution in [3.8, 4) is 10.6 Å². The molecule has 0 N–H and O–H groups in total. The molecule has 2 aliphatic rings. The molecule has 0 aliphatic carbocycles. The van der Waals surface area contributed by atoms with Gasteiger partial charge in [0.15, 0.2) is 0 Å². The van der Waals surface area contributed by atoms with E-state index in [4.69, 9.17) is 0 Å². The van der Waals surface area contributed by atoms with Crippen molar-refractivity contribution in [2.45, 2.75) is 19.0 Å². The first-order valence-corrected chi connectivity index (χ1v) is 10.9. The van der Waals surface area contributed by atoms with Crippen molar-refractivity contribution in [2.75, 3.05) is 49.6 Å². The Kier molecular flexibility index (Phi) is 5.03. The molecular weight excluding hydrogens is 405 g/mol. The van der Waals surface area contributed by atoms with E-state index in [1.807, 2.05) is 29.0 Å². The second-order valence-corrected chi connectivity index (χ2v) is 8.73. The van der Waals surface area contributed by atoms with Crippen LogP contribution in [0.4, 0.5) is 16.2 Å². The number of hydrogen-bond acceptors (Lipinski definition) is 8. The van der Waals surface area contributed by atoms with E-state index in [2.05, 4.69) is 19.9 Å². The third-order valence-corrected chi connectivity index (χ3v) is 6.49. The number of nitrogens with zero attached hydrogens (tertiary/aromatic N) is 7. The summed E-state index contributed by atoms with van der Waals surface area (Å²) in [7, 11) is 1.93. The van der Waals surface area contributed by atoms with Crippen LogP contribution in [0.5, 0.6) is 0 Å². The molecule has 30 heavy (non-hydrogen) atoms. The zero-order valence-corrected chi connectivity index (χ0v) is 17.5. The Bertz CT molecular complexity index is 1070. The fourth-order valence-corrected chi connectivity index (χ4v) is 4.71. The number of pyridine rings is 1. The van der Waals surface area contributed by atoms with Crippen molar-refractivity contribution in [2.24, 2.45) is 0 Å². The average Bonchev–Trinajstić information content (AvgIpc) is 3.17. The number of alkyl halides is 1. The average molecular weight is 428 g/mol. The number of carbonyl (C=O) groups is 1. The van der Waals surface area contributed by atoms with Gasteiger partial charge in [-0.3, -0.25) is 14.6 Å². The van der Waals surface area contributed by atoms with Gasteiger partial charge >= 0.3 is 0 Å². The van der Waals surface area contributed by atoms with Crippen molar-refractivity contribution >= 4 is 39.4 Å². The summed E-state index contributed by atoms with van der Waals surface area (Å²) >= 11 is 1.45. The summed E-state index contributed by atoms with van der Waals surface area (Å²) in [6.45, 7) is 2.97. The molecule has 3 aromatic rings. The van der Waals surface area contributed by atoms with Crippen molar-refractivity contribution in [3.05, 3.63) is 24.5 Å². The standard InChI is InChI=1S/C20H22FN7OS/c1-26-7-8-28(17(29)12-26)20-23-10-15-19(25-20)30-18(24-15)13-4-5-16(22-9-13)27-6-2-3-14(21)11-27/h4-5,9-10,14H,2-3,6-8,11-12H2,1H3/t14-/m0/s1. The smallest absolute Gasteiger partial charge is 0.243 e. The molecule has 0 unspecified atom stereocenters. The number of amides is 1. The number of rotatable bonds is 3. The van der Waals surface area contributed by atoms with Gasteiger partial charge in [0.05, 0.1) is 19.3 Å². The van der Waals surface area contributed by atoms with E-state index in [1.165, 1.54) is 11.3 Å². The molecule has 0 radical (unpaired) electrons. The summed E-state index contributed by atoms with van der Waals surface area (Å²) in [4.78, 5) is 36.7. The minimum atomic E-state index is -0.788. The molecule has 5 rings (SSSR count). The summed E-state index contributed by atoms with van der Waals surface area (Å²) in [6.07, 6.45) is 4.12. The van der Waals surface area contributed by atoms with Crippen LogP contribution in [0.1, 0.15) is 12.8 Å². The van der Waals surface area contributed by atoms with E-state index in [-0.39, 0.29) is 5.91 Å². The van der Waals surface area contributed by atoms with Gasteiger partial charge in [0.1, 0.15) is 27.3 Å². The largest absolute Gasteiger partial charge is 0.354 e. The zero-order valence-electron chi connectivity index (χ0n) is 16.7. The van der Waals surface area contributed by atoms with Crippen molar-refractivity contribution < 1.29 is 9.18 Å². The van der Waals surface area contributed by atoms with Crippen molar-refractivity contribution in [1.29, 1.82) is 0 Å². The first-order chi connectivity index (χ1) is 14.6. The third kappa shape index (κ3) is 3.72. The highest BCUT2D eigenvalue weighted by Gasteiger charge is 2.25. The third-order valence-electron chi connectivity index (χ3n) is 5.47. The van der Waals surface area contributed by atoms with Crippen LogP contribution in [0.2, 0.25) is 0 Å². The molecule has 3 aromatic heterocycles. The molecule has 5 heterocycles. The van der Waals surface area contributed by atoms with Gasteiger partial charge in [0.25, 0.3) is 0 Å². The van der Waals surface area contributed by atoms with Gasteiger partial charge in [-0.1, -0.05) is 11.3 Å². The number of aromatic nitrogens is 4. The number of anilines is 2. The highest BCUT2D eigenvalue weighted by Crippen LogP contribution is 2.30. The molecule has 1 atom stereocenters. The SMILES string of the molecule is CN1CCN(c2ncc3nc(-c4ccc(N5CCC[C@H](F)C5)nc4)sc3n2)C(=O)C1. The molecule has 2 saturated heterocycles. The van der Waals surface area contributed by atoms with Crippen LogP contribution in [0.15, 0.2) is 24.5 Å². The Morgan fingerprint density at radius 2 is 2.03 bits per heavy atom. The number of likely N-dealkylation sites (N-methyl/N-ethyl adjacent to an activating group) is 1. The molecule has 10 heteroatoms. The zero-order chi connectivity index (χ0) is 20.7. The molecule has 1 amide bonds. The van der Waals surface area contributed by atoms with Gasteiger partial charge in [-0.15, -0.1) is 0 Å². The van der Waals surface area contributed by atoms with E-state index in [1.54, 1.807) is 17.3 Å². The number of piperazine rings is 1. The van der Waals surface area contributed by atoms with Crippen LogP contribution in [0, 0.1) is 0 Å². The van der Waals surface area contributed by atoms with Crippen LogP contribution >= 0.6 is 11.3 Å². The predicted octanol–water partition coefficient (Wildman–Crippen LogP) is 2.37. The molecule has 0 spiro atoms. The van der Waals surface area contributed by atoms with Crippen LogP contribution in [-0.4, -0.2) is 76.7 Å². The van der Waals surface area contributed by atoms with Gasteiger partial charge in [-0.05, 0) is 32.0 Å². The summed E-state index contributed by atoms with van der Waals surface area (Å²) < 4.78 is 13.7. The first kappa shape index (κ1) is 19.3.